The van der Waals surface area contributed by atoms with E-state index in [0.717, 1.165) is 18.6 Å². The molecule has 0 amide bonds. The Morgan fingerprint density at radius 3 is 2.94 bits per heavy atom. The second-order valence-electron chi connectivity index (χ2n) is 5.17. The lowest BCUT2D eigenvalue weighted by molar-refractivity contribution is 0.317. The molecule has 1 aromatic heterocycles. The van der Waals surface area contributed by atoms with Gasteiger partial charge in [0.2, 0.25) is 0 Å². The summed E-state index contributed by atoms with van der Waals surface area (Å²) in [7, 11) is 0. The molecule has 16 heavy (non-hydrogen) atoms. The fourth-order valence-electron chi connectivity index (χ4n) is 2.55. The summed E-state index contributed by atoms with van der Waals surface area (Å²) in [6, 6.07) is 1.66. The van der Waals surface area contributed by atoms with Crippen molar-refractivity contribution in [3.63, 3.8) is 0 Å². The number of hydrogen-bond donors (Lipinski definition) is 1. The van der Waals surface area contributed by atoms with E-state index in [1.807, 2.05) is 11.3 Å². The van der Waals surface area contributed by atoms with Crippen LogP contribution in [-0.2, 0) is 6.54 Å². The quantitative estimate of drug-likeness (QED) is 0.863. The first-order valence-electron chi connectivity index (χ1n) is 6.32. The van der Waals surface area contributed by atoms with Crippen molar-refractivity contribution in [2.75, 3.05) is 13.1 Å². The molecule has 0 bridgehead atoms. The van der Waals surface area contributed by atoms with Crippen LogP contribution >= 0.6 is 11.3 Å². The summed E-state index contributed by atoms with van der Waals surface area (Å²) in [4.78, 5) is 2.66. The van der Waals surface area contributed by atoms with Gasteiger partial charge in [0.15, 0.2) is 0 Å². The SMILES string of the molecule is Cc1cscc1CNC1CCN(C2CC2)C1. The topological polar surface area (TPSA) is 15.3 Å². The molecular formula is C13H20N2S. The molecule has 1 saturated heterocycles. The number of thiophene rings is 1. The van der Waals surface area contributed by atoms with Gasteiger partial charge in [-0.3, -0.25) is 4.90 Å². The monoisotopic (exact) mass is 236 g/mol. The van der Waals surface area contributed by atoms with E-state index in [0.29, 0.717) is 0 Å². The van der Waals surface area contributed by atoms with Crippen molar-refractivity contribution in [3.8, 4) is 0 Å². The Kier molecular flexibility index (Phi) is 3.01. The molecule has 1 atom stereocenters. The van der Waals surface area contributed by atoms with Gasteiger partial charge in [-0.25, -0.2) is 0 Å². The third-order valence-corrected chi connectivity index (χ3v) is 4.74. The number of aryl methyl sites for hydroxylation is 1. The van der Waals surface area contributed by atoms with Crippen LogP contribution < -0.4 is 5.32 Å². The summed E-state index contributed by atoms with van der Waals surface area (Å²) in [5, 5.41) is 8.21. The molecule has 2 heterocycles. The van der Waals surface area contributed by atoms with Crippen molar-refractivity contribution in [1.82, 2.24) is 10.2 Å². The third kappa shape index (κ3) is 2.31. The molecule has 1 aliphatic heterocycles. The van der Waals surface area contributed by atoms with Crippen molar-refractivity contribution in [1.29, 1.82) is 0 Å². The van der Waals surface area contributed by atoms with Crippen LogP contribution in [0.2, 0.25) is 0 Å². The Morgan fingerprint density at radius 1 is 1.38 bits per heavy atom. The summed E-state index contributed by atoms with van der Waals surface area (Å²) in [6.07, 6.45) is 4.21. The number of hydrogen-bond acceptors (Lipinski definition) is 3. The molecule has 0 radical (unpaired) electrons. The zero-order valence-electron chi connectivity index (χ0n) is 9.91. The van der Waals surface area contributed by atoms with Gasteiger partial charge in [0.25, 0.3) is 0 Å². The highest BCUT2D eigenvalue weighted by atomic mass is 32.1. The molecule has 0 aromatic carbocycles. The van der Waals surface area contributed by atoms with E-state index in [4.69, 9.17) is 0 Å². The Bertz CT molecular complexity index is 357. The van der Waals surface area contributed by atoms with Crippen molar-refractivity contribution in [3.05, 3.63) is 21.9 Å². The summed E-state index contributed by atoms with van der Waals surface area (Å²) in [6.45, 7) is 5.84. The highest BCUT2D eigenvalue weighted by molar-refractivity contribution is 7.08. The van der Waals surface area contributed by atoms with E-state index in [1.165, 1.54) is 43.5 Å². The number of nitrogens with one attached hydrogen (secondary N) is 1. The van der Waals surface area contributed by atoms with Gasteiger partial charge >= 0.3 is 0 Å². The van der Waals surface area contributed by atoms with Crippen molar-refractivity contribution in [2.24, 2.45) is 0 Å². The molecule has 88 valence electrons. The molecule has 2 aliphatic rings. The molecule has 2 nitrogen and oxygen atoms in total. The zero-order valence-corrected chi connectivity index (χ0v) is 10.7. The van der Waals surface area contributed by atoms with Gasteiger partial charge in [-0.15, -0.1) is 0 Å². The Labute approximate surface area is 102 Å². The Balaban J connectivity index is 1.47. The normalized spacial score (nSPS) is 26.4. The Hall–Kier alpha value is -0.380. The maximum absolute atomic E-state index is 3.70. The summed E-state index contributed by atoms with van der Waals surface area (Å²) in [5.74, 6) is 0. The first-order chi connectivity index (χ1) is 7.83. The number of likely N-dealkylation sites (tertiary alicyclic amines) is 1. The maximum atomic E-state index is 3.70. The second kappa shape index (κ2) is 4.47. The fourth-order valence-corrected chi connectivity index (χ4v) is 3.40. The van der Waals surface area contributed by atoms with E-state index < -0.39 is 0 Å². The van der Waals surface area contributed by atoms with Gasteiger partial charge < -0.3 is 5.32 Å². The fraction of sp³-hybridized carbons (Fsp3) is 0.692. The molecule has 1 saturated carbocycles. The van der Waals surface area contributed by atoms with E-state index in [-0.39, 0.29) is 0 Å². The van der Waals surface area contributed by atoms with Crippen LogP contribution in [0.5, 0.6) is 0 Å². The highest BCUT2D eigenvalue weighted by Crippen LogP contribution is 2.29. The molecule has 0 spiro atoms. The summed E-state index contributed by atoms with van der Waals surface area (Å²) in [5.41, 5.74) is 2.92. The maximum Gasteiger partial charge on any atom is 0.0219 e. The van der Waals surface area contributed by atoms with Gasteiger partial charge in [0, 0.05) is 31.7 Å². The van der Waals surface area contributed by atoms with Crippen LogP contribution in [0.1, 0.15) is 30.4 Å². The number of nitrogens with zero attached hydrogens (tertiary/aromatic N) is 1. The molecular weight excluding hydrogens is 216 g/mol. The van der Waals surface area contributed by atoms with Crippen LogP contribution in [-0.4, -0.2) is 30.1 Å². The predicted molar refractivity (Wildman–Crippen MR) is 68.9 cm³/mol. The molecule has 3 heteroatoms. The van der Waals surface area contributed by atoms with Gasteiger partial charge in [-0.05, 0) is 48.1 Å². The van der Waals surface area contributed by atoms with Crippen molar-refractivity contribution >= 4 is 11.3 Å². The largest absolute Gasteiger partial charge is 0.309 e. The van der Waals surface area contributed by atoms with Gasteiger partial charge in [-0.2, -0.15) is 11.3 Å². The minimum absolute atomic E-state index is 0.722. The minimum atomic E-state index is 0.722. The second-order valence-corrected chi connectivity index (χ2v) is 5.92. The lowest BCUT2D eigenvalue weighted by Gasteiger charge is -2.15. The minimum Gasteiger partial charge on any atom is -0.309 e. The first-order valence-corrected chi connectivity index (χ1v) is 7.26. The average molecular weight is 236 g/mol. The lowest BCUT2D eigenvalue weighted by atomic mass is 10.2. The molecule has 2 fully saturated rings. The average Bonchev–Trinajstić information content (AvgIpc) is 2.89. The van der Waals surface area contributed by atoms with E-state index in [9.17, 15) is 0 Å². The van der Waals surface area contributed by atoms with Crippen LogP contribution in [0.15, 0.2) is 10.8 Å². The zero-order chi connectivity index (χ0) is 11.0. The van der Waals surface area contributed by atoms with Crippen molar-refractivity contribution in [2.45, 2.75) is 44.8 Å². The van der Waals surface area contributed by atoms with Gasteiger partial charge in [0.05, 0.1) is 0 Å². The summed E-state index contributed by atoms with van der Waals surface area (Å²) < 4.78 is 0. The van der Waals surface area contributed by atoms with Crippen molar-refractivity contribution < 1.29 is 0 Å². The predicted octanol–water partition coefficient (Wildman–Crippen LogP) is 2.38. The number of rotatable bonds is 4. The van der Waals surface area contributed by atoms with E-state index in [1.54, 1.807) is 0 Å². The van der Waals surface area contributed by atoms with E-state index in [2.05, 4.69) is 27.9 Å². The van der Waals surface area contributed by atoms with Crippen LogP contribution in [0.25, 0.3) is 0 Å². The van der Waals surface area contributed by atoms with Gasteiger partial charge in [-0.1, -0.05) is 0 Å². The standard InChI is InChI=1S/C13H20N2S/c1-10-8-16-9-11(10)6-14-12-4-5-15(7-12)13-2-3-13/h8-9,12-14H,2-7H2,1H3. The molecule has 3 rings (SSSR count). The molecule has 1 unspecified atom stereocenters. The van der Waals surface area contributed by atoms with Gasteiger partial charge in [0.1, 0.15) is 0 Å². The van der Waals surface area contributed by atoms with E-state index >= 15 is 0 Å². The Morgan fingerprint density at radius 2 is 2.25 bits per heavy atom. The smallest absolute Gasteiger partial charge is 0.0219 e. The molecule has 1 N–H and O–H groups in total. The van der Waals surface area contributed by atoms with Crippen LogP contribution in [0.4, 0.5) is 0 Å². The first kappa shape index (κ1) is 10.8. The summed E-state index contributed by atoms with van der Waals surface area (Å²) >= 11 is 1.81. The lowest BCUT2D eigenvalue weighted by Crippen LogP contribution is -2.32. The molecule has 1 aromatic rings. The third-order valence-electron chi connectivity index (χ3n) is 3.83. The van der Waals surface area contributed by atoms with Crippen LogP contribution in [0, 0.1) is 6.92 Å². The van der Waals surface area contributed by atoms with Crippen LogP contribution in [0.3, 0.4) is 0 Å². The highest BCUT2D eigenvalue weighted by Gasteiger charge is 2.33. The molecule has 1 aliphatic carbocycles.